The van der Waals surface area contributed by atoms with E-state index >= 15 is 0 Å². The molecule has 0 heterocycles. The van der Waals surface area contributed by atoms with Crippen LogP contribution in [0.2, 0.25) is 0 Å². The molecule has 0 unspecified atom stereocenters. The Morgan fingerprint density at radius 1 is 1.07 bits per heavy atom. The molecule has 5 nitrogen and oxygen atoms in total. The highest BCUT2D eigenvalue weighted by atomic mass is 35.5. The molecular formula is C21H29ClN2O3. The first kappa shape index (κ1) is 23.0. The highest BCUT2D eigenvalue weighted by molar-refractivity contribution is 6.05. The van der Waals surface area contributed by atoms with Crippen LogP contribution in [0.15, 0.2) is 42.5 Å². The Bertz CT molecular complexity index is 722. The topological polar surface area (TPSA) is 73.6 Å². The Kier molecular flexibility index (Phi) is 10.5. The van der Waals surface area contributed by atoms with E-state index in [1.165, 1.54) is 0 Å². The number of carbonyl (C=O) groups excluding carboxylic acids is 1. The minimum absolute atomic E-state index is 0. The summed E-state index contributed by atoms with van der Waals surface area (Å²) in [4.78, 5) is 12.5. The van der Waals surface area contributed by atoms with Crippen molar-refractivity contribution < 1.29 is 14.3 Å². The summed E-state index contributed by atoms with van der Waals surface area (Å²) in [6.45, 7) is 6.46. The van der Waals surface area contributed by atoms with E-state index in [0.717, 1.165) is 36.3 Å². The monoisotopic (exact) mass is 392 g/mol. The summed E-state index contributed by atoms with van der Waals surface area (Å²) in [7, 11) is 0. The maximum atomic E-state index is 12.5. The van der Waals surface area contributed by atoms with Gasteiger partial charge >= 0.3 is 0 Å². The van der Waals surface area contributed by atoms with Gasteiger partial charge in [0.2, 0.25) is 0 Å². The zero-order valence-corrected chi connectivity index (χ0v) is 16.8. The minimum atomic E-state index is -0.169. The van der Waals surface area contributed by atoms with Gasteiger partial charge in [0.1, 0.15) is 0 Å². The van der Waals surface area contributed by atoms with E-state index in [1.807, 2.05) is 37.3 Å². The summed E-state index contributed by atoms with van der Waals surface area (Å²) < 4.78 is 11.1. The Morgan fingerprint density at radius 2 is 1.85 bits per heavy atom. The van der Waals surface area contributed by atoms with Crippen LogP contribution >= 0.6 is 12.4 Å². The van der Waals surface area contributed by atoms with Crippen LogP contribution < -0.4 is 11.1 Å². The molecule has 0 aliphatic heterocycles. The van der Waals surface area contributed by atoms with Crippen LogP contribution in [0.5, 0.6) is 0 Å². The van der Waals surface area contributed by atoms with Gasteiger partial charge in [0, 0.05) is 23.5 Å². The first-order chi connectivity index (χ1) is 12.6. The largest absolute Gasteiger partial charge is 0.399 e. The molecule has 0 fully saturated rings. The van der Waals surface area contributed by atoms with Gasteiger partial charge in [0.15, 0.2) is 0 Å². The first-order valence-electron chi connectivity index (χ1n) is 9.02. The van der Waals surface area contributed by atoms with Crippen molar-refractivity contribution in [2.24, 2.45) is 0 Å². The molecule has 2 rings (SSSR count). The minimum Gasteiger partial charge on any atom is -0.399 e. The van der Waals surface area contributed by atoms with Gasteiger partial charge in [-0.05, 0) is 48.7 Å². The molecule has 1 amide bonds. The normalized spacial score (nSPS) is 10.3. The summed E-state index contributed by atoms with van der Waals surface area (Å²) in [5.74, 6) is -0.169. The number of amides is 1. The summed E-state index contributed by atoms with van der Waals surface area (Å²) in [5, 5.41) is 2.92. The number of nitrogen functional groups attached to an aromatic ring is 1. The van der Waals surface area contributed by atoms with Gasteiger partial charge in [-0.3, -0.25) is 4.79 Å². The van der Waals surface area contributed by atoms with E-state index < -0.39 is 0 Å². The molecule has 0 radical (unpaired) electrons. The van der Waals surface area contributed by atoms with Crippen molar-refractivity contribution in [3.05, 3.63) is 59.2 Å². The molecule has 3 N–H and O–H groups in total. The number of rotatable bonds is 10. The molecule has 0 saturated heterocycles. The number of aryl methyl sites for hydroxylation is 1. The summed E-state index contributed by atoms with van der Waals surface area (Å²) in [6.07, 6.45) is 2.21. The third kappa shape index (κ3) is 7.99. The molecule has 0 aliphatic rings. The van der Waals surface area contributed by atoms with E-state index in [-0.39, 0.29) is 18.3 Å². The SMILES string of the molecule is CCCCOCCOCc1cccc(NC(=O)c2cc(N)ccc2C)c1.Cl. The van der Waals surface area contributed by atoms with Gasteiger partial charge in [-0.1, -0.05) is 31.5 Å². The third-order valence-corrected chi connectivity index (χ3v) is 3.97. The lowest BCUT2D eigenvalue weighted by molar-refractivity contribution is 0.0397. The maximum absolute atomic E-state index is 12.5. The zero-order chi connectivity index (χ0) is 18.8. The molecule has 2 aromatic rings. The second kappa shape index (κ2) is 12.3. The molecule has 148 valence electrons. The van der Waals surface area contributed by atoms with Gasteiger partial charge < -0.3 is 20.5 Å². The van der Waals surface area contributed by atoms with Crippen molar-refractivity contribution in [3.63, 3.8) is 0 Å². The second-order valence-electron chi connectivity index (χ2n) is 6.25. The standard InChI is InChI=1S/C21H28N2O3.ClH/c1-3-4-10-25-11-12-26-15-17-6-5-7-19(13-17)23-21(24)20-14-18(22)9-8-16(20)2;/h5-9,13-14H,3-4,10-12,15,22H2,1-2H3,(H,23,24);1H. The van der Waals surface area contributed by atoms with Crippen molar-refractivity contribution in [1.82, 2.24) is 0 Å². The first-order valence-corrected chi connectivity index (χ1v) is 9.02. The predicted molar refractivity (Wildman–Crippen MR) is 113 cm³/mol. The molecule has 0 saturated carbocycles. The number of benzene rings is 2. The van der Waals surface area contributed by atoms with E-state index in [4.69, 9.17) is 15.2 Å². The van der Waals surface area contributed by atoms with Crippen LogP contribution in [0.1, 0.15) is 41.3 Å². The van der Waals surface area contributed by atoms with Crippen LogP contribution in [-0.4, -0.2) is 25.7 Å². The summed E-state index contributed by atoms with van der Waals surface area (Å²) >= 11 is 0. The Labute approximate surface area is 167 Å². The molecule has 2 aromatic carbocycles. The second-order valence-corrected chi connectivity index (χ2v) is 6.25. The molecule has 0 bridgehead atoms. The maximum Gasteiger partial charge on any atom is 0.256 e. The van der Waals surface area contributed by atoms with Gasteiger partial charge in [-0.15, -0.1) is 12.4 Å². The van der Waals surface area contributed by atoms with Crippen molar-refractivity contribution in [2.45, 2.75) is 33.3 Å². The average molecular weight is 393 g/mol. The lowest BCUT2D eigenvalue weighted by atomic mass is 10.1. The number of anilines is 2. The number of hydrogen-bond acceptors (Lipinski definition) is 4. The molecule has 27 heavy (non-hydrogen) atoms. The van der Waals surface area contributed by atoms with Crippen LogP contribution in [0.25, 0.3) is 0 Å². The highest BCUT2D eigenvalue weighted by Gasteiger charge is 2.10. The fourth-order valence-corrected chi connectivity index (χ4v) is 2.48. The van der Waals surface area contributed by atoms with Crippen LogP contribution in [-0.2, 0) is 16.1 Å². The molecule has 6 heteroatoms. The lowest BCUT2D eigenvalue weighted by Crippen LogP contribution is -2.14. The smallest absolute Gasteiger partial charge is 0.256 e. The fourth-order valence-electron chi connectivity index (χ4n) is 2.48. The Morgan fingerprint density at radius 3 is 2.63 bits per heavy atom. The quantitative estimate of drug-likeness (QED) is 0.458. The zero-order valence-electron chi connectivity index (χ0n) is 16.0. The van der Waals surface area contributed by atoms with Crippen molar-refractivity contribution >= 4 is 29.7 Å². The number of halogens is 1. The molecular weight excluding hydrogens is 364 g/mol. The number of ether oxygens (including phenoxy) is 2. The van der Waals surface area contributed by atoms with E-state index in [2.05, 4.69) is 12.2 Å². The molecule has 0 aliphatic carbocycles. The molecule has 0 aromatic heterocycles. The van der Waals surface area contributed by atoms with Crippen LogP contribution in [0, 0.1) is 6.92 Å². The fraction of sp³-hybridized carbons (Fsp3) is 0.381. The van der Waals surface area contributed by atoms with Gasteiger partial charge in [-0.2, -0.15) is 0 Å². The van der Waals surface area contributed by atoms with Gasteiger partial charge in [0.05, 0.1) is 19.8 Å². The van der Waals surface area contributed by atoms with Gasteiger partial charge in [-0.25, -0.2) is 0 Å². The van der Waals surface area contributed by atoms with Crippen molar-refractivity contribution in [3.8, 4) is 0 Å². The van der Waals surface area contributed by atoms with Crippen LogP contribution in [0.4, 0.5) is 11.4 Å². The molecule has 0 atom stereocenters. The third-order valence-electron chi connectivity index (χ3n) is 3.97. The van der Waals surface area contributed by atoms with E-state index in [1.54, 1.807) is 12.1 Å². The lowest BCUT2D eigenvalue weighted by Gasteiger charge is -2.10. The number of nitrogens with two attached hydrogens (primary N) is 1. The number of unbranched alkanes of at least 4 members (excludes halogenated alkanes) is 1. The van der Waals surface area contributed by atoms with E-state index in [0.29, 0.717) is 31.1 Å². The molecule has 0 spiro atoms. The average Bonchev–Trinajstić information content (AvgIpc) is 2.63. The number of hydrogen-bond donors (Lipinski definition) is 2. The van der Waals surface area contributed by atoms with Crippen molar-refractivity contribution in [2.75, 3.05) is 30.9 Å². The number of carbonyl (C=O) groups is 1. The van der Waals surface area contributed by atoms with Gasteiger partial charge in [0.25, 0.3) is 5.91 Å². The van der Waals surface area contributed by atoms with Crippen molar-refractivity contribution in [1.29, 1.82) is 0 Å². The summed E-state index contributed by atoms with van der Waals surface area (Å²) in [6, 6.07) is 13.0. The van der Waals surface area contributed by atoms with Crippen LogP contribution in [0.3, 0.4) is 0 Å². The predicted octanol–water partition coefficient (Wildman–Crippen LogP) is 4.58. The Balaban J connectivity index is 0.00000364. The number of nitrogens with one attached hydrogen (secondary N) is 1. The highest BCUT2D eigenvalue weighted by Crippen LogP contribution is 2.17. The van der Waals surface area contributed by atoms with E-state index in [9.17, 15) is 4.79 Å². The Hall–Kier alpha value is -2.08. The summed E-state index contributed by atoms with van der Waals surface area (Å²) in [5.41, 5.74) is 9.56.